The second kappa shape index (κ2) is 6.96. The Balaban J connectivity index is 1.46. The maximum absolute atomic E-state index is 14.7. The number of amides is 1. The van der Waals surface area contributed by atoms with E-state index in [4.69, 9.17) is 13.9 Å². The monoisotopic (exact) mass is 502 g/mol. The number of methoxy groups -OCH3 is 1. The molecule has 37 heavy (non-hydrogen) atoms. The van der Waals surface area contributed by atoms with E-state index < -0.39 is 5.82 Å². The van der Waals surface area contributed by atoms with Crippen molar-refractivity contribution in [3.8, 4) is 11.4 Å². The molecule has 0 radical (unpaired) electrons. The molecule has 1 amide bonds. The number of rotatable bonds is 4. The molecule has 1 saturated heterocycles. The van der Waals surface area contributed by atoms with Crippen LogP contribution >= 0.6 is 0 Å². The first-order valence-corrected chi connectivity index (χ1v) is 12.5. The number of pyridine rings is 1. The third-order valence-corrected chi connectivity index (χ3v) is 8.66. The molecule has 2 aromatic rings. The zero-order valence-corrected chi connectivity index (χ0v) is 20.4. The molecule has 0 spiro atoms. The topological polar surface area (TPSA) is 92.7 Å². The number of nitrogens with zero attached hydrogens (tertiary/aromatic N) is 3. The van der Waals surface area contributed by atoms with Gasteiger partial charge in [-0.05, 0) is 38.1 Å². The fourth-order valence-corrected chi connectivity index (χ4v) is 6.54. The molecule has 0 bridgehead atoms. The van der Waals surface area contributed by atoms with Crippen molar-refractivity contribution in [2.45, 2.75) is 29.8 Å². The average molecular weight is 503 g/mol. The van der Waals surface area contributed by atoms with Gasteiger partial charge in [0.25, 0.3) is 5.91 Å². The lowest BCUT2D eigenvalue weighted by Crippen LogP contribution is -2.48. The number of fused-ring (bicyclic) bond motifs is 5. The number of anilines is 2. The van der Waals surface area contributed by atoms with Crippen LogP contribution in [-0.4, -0.2) is 55.2 Å². The van der Waals surface area contributed by atoms with Crippen LogP contribution in [-0.2, 0) is 10.2 Å². The minimum Gasteiger partial charge on any atom is -0.492 e. The fourth-order valence-electron chi connectivity index (χ4n) is 6.54. The summed E-state index contributed by atoms with van der Waals surface area (Å²) >= 11 is 0. The summed E-state index contributed by atoms with van der Waals surface area (Å²) in [5, 5.41) is 7.46. The van der Waals surface area contributed by atoms with Gasteiger partial charge in [0, 0.05) is 12.7 Å². The first-order chi connectivity index (χ1) is 18.0. The summed E-state index contributed by atoms with van der Waals surface area (Å²) in [6, 6.07) is 6.45. The van der Waals surface area contributed by atoms with Crippen LogP contribution in [0.5, 0.6) is 5.75 Å². The molecule has 2 N–H and O–H groups in total. The second-order valence-corrected chi connectivity index (χ2v) is 10.6. The van der Waals surface area contributed by atoms with Crippen LogP contribution in [0.1, 0.15) is 40.8 Å². The van der Waals surface area contributed by atoms with Crippen molar-refractivity contribution < 1.29 is 27.6 Å². The van der Waals surface area contributed by atoms with E-state index in [0.717, 1.165) is 36.2 Å². The van der Waals surface area contributed by atoms with Crippen molar-refractivity contribution in [2.24, 2.45) is 0 Å². The van der Waals surface area contributed by atoms with E-state index in [0.29, 0.717) is 41.6 Å². The van der Waals surface area contributed by atoms with Crippen LogP contribution < -0.4 is 19.9 Å². The van der Waals surface area contributed by atoms with E-state index in [1.807, 2.05) is 6.07 Å². The lowest BCUT2D eigenvalue weighted by molar-refractivity contribution is -0.625. The highest BCUT2D eigenvalue weighted by Gasteiger charge is 2.91. The summed E-state index contributed by atoms with van der Waals surface area (Å²) in [6.07, 6.45) is 5.21. The molecule has 8 rings (SSSR count). The van der Waals surface area contributed by atoms with Gasteiger partial charge in [0.1, 0.15) is 11.3 Å². The highest BCUT2D eigenvalue weighted by atomic mass is 19.1. The normalized spacial score (nSPS) is 27.9. The Bertz CT molecular complexity index is 1610. The molecular weight excluding hydrogens is 477 g/mol. The Morgan fingerprint density at radius 2 is 2.19 bits per heavy atom. The summed E-state index contributed by atoms with van der Waals surface area (Å²) in [4.78, 5) is 20.2. The molecule has 4 aliphatic heterocycles. The molecular formula is C27H25FN5O4+. The van der Waals surface area contributed by atoms with Gasteiger partial charge >= 0.3 is 5.89 Å². The van der Waals surface area contributed by atoms with Crippen LogP contribution in [0.2, 0.25) is 0 Å². The van der Waals surface area contributed by atoms with E-state index in [1.54, 1.807) is 24.5 Å². The number of ether oxygens (including phenoxy) is 2. The summed E-state index contributed by atoms with van der Waals surface area (Å²) in [5.41, 5.74) is 3.68. The third kappa shape index (κ3) is 2.61. The first kappa shape index (κ1) is 21.3. The van der Waals surface area contributed by atoms with Gasteiger partial charge in [-0.15, -0.1) is 4.57 Å². The van der Waals surface area contributed by atoms with E-state index in [9.17, 15) is 9.18 Å². The Morgan fingerprint density at radius 1 is 1.32 bits per heavy atom. The molecule has 10 heteroatoms. The van der Waals surface area contributed by atoms with E-state index in [1.165, 1.54) is 13.2 Å². The highest BCUT2D eigenvalue weighted by Crippen LogP contribution is 2.80. The molecule has 2 saturated carbocycles. The van der Waals surface area contributed by atoms with Gasteiger partial charge in [-0.25, -0.2) is 4.39 Å². The number of para-hydroxylation sites is 1. The predicted octanol–water partition coefficient (Wildman–Crippen LogP) is 2.96. The zero-order valence-electron chi connectivity index (χ0n) is 20.4. The molecule has 1 aromatic carbocycles. The summed E-state index contributed by atoms with van der Waals surface area (Å²) < 4.78 is 34.6. The Hall–Kier alpha value is -3.76. The number of nitrogens with one attached hydrogen (secondary N) is 2. The van der Waals surface area contributed by atoms with Crippen molar-refractivity contribution in [3.05, 3.63) is 59.6 Å². The van der Waals surface area contributed by atoms with E-state index >= 15 is 0 Å². The van der Waals surface area contributed by atoms with Crippen molar-refractivity contribution in [2.75, 3.05) is 39.2 Å². The van der Waals surface area contributed by atoms with Gasteiger partial charge < -0.3 is 24.5 Å². The maximum atomic E-state index is 14.7. The number of likely N-dealkylation sites (N-methyl/N-ethyl adjacent to an activating group) is 1. The first-order valence-electron chi connectivity index (χ1n) is 12.5. The largest absolute Gasteiger partial charge is 0.492 e. The van der Waals surface area contributed by atoms with Crippen molar-refractivity contribution >= 4 is 28.3 Å². The smallest absolute Gasteiger partial charge is 0.373 e. The molecule has 188 valence electrons. The van der Waals surface area contributed by atoms with Gasteiger partial charge in [-0.1, -0.05) is 6.07 Å². The number of carbonyl (C=O) groups excluding carboxylic acids is 1. The summed E-state index contributed by atoms with van der Waals surface area (Å²) in [6.45, 7) is 1.88. The standard InChI is InChI=1S/C27H24FN5O4/c1-32-8-9-36-11-17(32)25-33-21(14-6-7-29-10-18(14)37-25)20(30-16-5-3-4-15(28)22(16)35-2)19-23(33)26-12-27(26,13-26)31-24(19)34/h3-7,10,17H,8-9,11-13H2,1-2H3,(H-,29,30,31,34)/p+1/t17-,26?,27?/m0/s1. The molecule has 5 heterocycles. The minimum atomic E-state index is -0.484. The van der Waals surface area contributed by atoms with E-state index in [2.05, 4.69) is 32.1 Å². The van der Waals surface area contributed by atoms with Gasteiger partial charge in [-0.3, -0.25) is 14.7 Å². The lowest BCUT2D eigenvalue weighted by Gasteiger charge is -2.29. The maximum Gasteiger partial charge on any atom is 0.373 e. The van der Waals surface area contributed by atoms with Crippen molar-refractivity contribution in [1.82, 2.24) is 15.2 Å². The molecule has 2 aliphatic carbocycles. The summed E-state index contributed by atoms with van der Waals surface area (Å²) in [7, 11) is 3.49. The van der Waals surface area contributed by atoms with Crippen LogP contribution in [0.3, 0.4) is 0 Å². The van der Waals surface area contributed by atoms with Gasteiger partial charge in [0.05, 0.1) is 48.5 Å². The van der Waals surface area contributed by atoms with Crippen molar-refractivity contribution in [1.29, 1.82) is 0 Å². The third-order valence-electron chi connectivity index (χ3n) is 8.66. The quantitative estimate of drug-likeness (QED) is 0.415. The number of hydrogen-bond donors (Lipinski definition) is 2. The van der Waals surface area contributed by atoms with Crippen LogP contribution in [0.15, 0.2) is 41.1 Å². The SMILES string of the molecule is COc1c(F)cccc1Nc1c2c([n+]3c([C@@H]4COCCN4C)oc4cnccc4c1-3)C13CC1(C3)NC2=O. The number of benzene rings is 1. The Labute approximate surface area is 211 Å². The number of carbonyl (C=O) groups is 1. The molecule has 6 aliphatic rings. The minimum absolute atomic E-state index is 0.0874. The number of morpholine rings is 1. The van der Waals surface area contributed by atoms with Crippen LogP contribution in [0.25, 0.3) is 16.7 Å². The number of halogens is 1. The van der Waals surface area contributed by atoms with E-state index in [-0.39, 0.29) is 28.7 Å². The molecule has 9 nitrogen and oxygen atoms in total. The predicted molar refractivity (Wildman–Crippen MR) is 130 cm³/mol. The Kier molecular flexibility index (Phi) is 4.01. The average Bonchev–Trinajstić information content (AvgIpc) is 3.68. The number of aromatic nitrogens is 2. The molecule has 0 unspecified atom stereocenters. The zero-order chi connectivity index (χ0) is 25.1. The summed E-state index contributed by atoms with van der Waals surface area (Å²) in [5.74, 6) is 0.167. The van der Waals surface area contributed by atoms with Gasteiger partial charge in [0.15, 0.2) is 23.2 Å². The number of hydrogen-bond acceptors (Lipinski definition) is 7. The highest BCUT2D eigenvalue weighted by molar-refractivity contribution is 6.09. The lowest BCUT2D eigenvalue weighted by atomic mass is 10.0. The molecule has 1 aromatic heterocycles. The molecule has 1 atom stereocenters. The van der Waals surface area contributed by atoms with Gasteiger partial charge in [-0.2, -0.15) is 0 Å². The molecule has 3 fully saturated rings. The van der Waals surface area contributed by atoms with Gasteiger partial charge in [0.2, 0.25) is 11.4 Å². The Morgan fingerprint density at radius 3 is 3.00 bits per heavy atom. The van der Waals surface area contributed by atoms with Crippen molar-refractivity contribution in [3.63, 3.8) is 0 Å². The fraction of sp³-hybridized carbons (Fsp3) is 0.370. The van der Waals surface area contributed by atoms with Crippen LogP contribution in [0, 0.1) is 5.82 Å². The second-order valence-electron chi connectivity index (χ2n) is 10.6. The van der Waals surface area contributed by atoms with Crippen LogP contribution in [0.4, 0.5) is 15.8 Å².